The van der Waals surface area contributed by atoms with Crippen molar-refractivity contribution in [3.05, 3.63) is 18.3 Å². The van der Waals surface area contributed by atoms with Crippen molar-refractivity contribution in [3.63, 3.8) is 0 Å². The van der Waals surface area contributed by atoms with E-state index in [0.717, 1.165) is 18.3 Å². The second kappa shape index (κ2) is 4.47. The predicted molar refractivity (Wildman–Crippen MR) is 44.0 cm³/mol. The van der Waals surface area contributed by atoms with Crippen LogP contribution >= 0.6 is 0 Å². The Morgan fingerprint density at radius 2 is 2.13 bits per heavy atom. The van der Waals surface area contributed by atoms with Crippen LogP contribution in [0, 0.1) is 0 Å². The topological polar surface area (TPSA) is 56.3 Å². The molecule has 1 aromatic heterocycles. The first kappa shape index (κ1) is 11.8. The van der Waals surface area contributed by atoms with Crippen molar-refractivity contribution in [2.24, 2.45) is 0 Å². The molecule has 84 valence electrons. The highest BCUT2D eigenvalue weighted by Crippen LogP contribution is 2.22. The summed E-state index contributed by atoms with van der Waals surface area (Å²) in [7, 11) is -5.01. The third kappa shape index (κ3) is 3.39. The van der Waals surface area contributed by atoms with Crippen LogP contribution < -0.4 is 4.74 Å². The Labute approximate surface area is 83.9 Å². The molecule has 8 heteroatoms. The van der Waals surface area contributed by atoms with E-state index >= 15 is 0 Å². The van der Waals surface area contributed by atoms with E-state index < -0.39 is 34.0 Å². The van der Waals surface area contributed by atoms with Gasteiger partial charge in [-0.15, -0.1) is 3.89 Å². The number of hydrogen-bond acceptors (Lipinski definition) is 4. The molecular formula is C7H6F3NO3S. The summed E-state index contributed by atoms with van der Waals surface area (Å²) in [6.07, 6.45) is -1.68. The van der Waals surface area contributed by atoms with Crippen molar-refractivity contribution in [2.75, 3.05) is 6.61 Å². The number of halogens is 3. The first-order valence-corrected chi connectivity index (χ1v) is 5.10. The zero-order valence-corrected chi connectivity index (χ0v) is 8.05. The minimum atomic E-state index is -5.01. The Hall–Kier alpha value is -1.31. The highest BCUT2D eigenvalue weighted by atomic mass is 32.3. The van der Waals surface area contributed by atoms with E-state index in [-0.39, 0.29) is 0 Å². The van der Waals surface area contributed by atoms with Gasteiger partial charge >= 0.3 is 10.2 Å². The van der Waals surface area contributed by atoms with Gasteiger partial charge in [0.2, 0.25) is 5.88 Å². The summed E-state index contributed by atoms with van der Waals surface area (Å²) in [4.78, 5) is 2.49. The number of rotatable bonds is 4. The van der Waals surface area contributed by atoms with E-state index in [1.54, 1.807) is 0 Å². The van der Waals surface area contributed by atoms with Crippen molar-refractivity contribution in [3.8, 4) is 5.88 Å². The molecule has 0 aliphatic carbocycles. The van der Waals surface area contributed by atoms with Gasteiger partial charge in [0, 0.05) is 6.20 Å². The lowest BCUT2D eigenvalue weighted by Gasteiger charge is -2.06. The molecule has 1 aromatic rings. The van der Waals surface area contributed by atoms with Crippen LogP contribution in [0.25, 0.3) is 0 Å². The van der Waals surface area contributed by atoms with Gasteiger partial charge < -0.3 is 4.74 Å². The fourth-order valence-corrected chi connectivity index (χ4v) is 1.37. The van der Waals surface area contributed by atoms with Crippen molar-refractivity contribution >= 4 is 10.2 Å². The van der Waals surface area contributed by atoms with E-state index in [1.165, 1.54) is 0 Å². The minimum Gasteiger partial charge on any atom is -0.471 e. The predicted octanol–water partition coefficient (Wildman–Crippen LogP) is 1.38. The Morgan fingerprint density at radius 3 is 2.67 bits per heavy atom. The molecule has 0 aliphatic rings. The van der Waals surface area contributed by atoms with Gasteiger partial charge in [-0.3, -0.25) is 0 Å². The maximum atomic E-state index is 12.6. The molecule has 0 saturated heterocycles. The van der Waals surface area contributed by atoms with E-state index in [9.17, 15) is 21.1 Å². The van der Waals surface area contributed by atoms with E-state index in [0.29, 0.717) is 0 Å². The summed E-state index contributed by atoms with van der Waals surface area (Å²) in [6, 6.07) is 2.03. The number of nitrogens with zero attached hydrogens (tertiary/aromatic N) is 1. The first-order chi connectivity index (χ1) is 6.91. The van der Waals surface area contributed by atoms with Crippen LogP contribution in [0.1, 0.15) is 0 Å². The minimum absolute atomic E-state index is 0.666. The monoisotopic (exact) mass is 241 g/mol. The molecule has 0 fully saturated rings. The van der Waals surface area contributed by atoms with E-state index in [2.05, 4.69) is 9.72 Å². The molecule has 0 N–H and O–H groups in total. The SMILES string of the molecule is O=S(=O)(F)c1cccnc1OCC(F)F. The van der Waals surface area contributed by atoms with E-state index in [1.807, 2.05) is 0 Å². The normalized spacial score (nSPS) is 11.7. The summed E-state index contributed by atoms with van der Waals surface area (Å²) in [5.41, 5.74) is 0. The van der Waals surface area contributed by atoms with Crippen molar-refractivity contribution in [2.45, 2.75) is 11.3 Å². The molecule has 0 aliphatic heterocycles. The molecule has 0 amide bonds. The summed E-state index contributed by atoms with van der Waals surface area (Å²) in [5, 5.41) is 0. The quantitative estimate of drug-likeness (QED) is 0.747. The molecule has 0 radical (unpaired) electrons. The number of pyridine rings is 1. The third-order valence-electron chi connectivity index (χ3n) is 1.34. The molecule has 4 nitrogen and oxygen atoms in total. The van der Waals surface area contributed by atoms with Gasteiger partial charge in [-0.25, -0.2) is 13.8 Å². The number of alkyl halides is 2. The number of hydrogen-bond donors (Lipinski definition) is 0. The first-order valence-electron chi connectivity index (χ1n) is 3.72. The summed E-state index contributed by atoms with van der Waals surface area (Å²) in [5.74, 6) is -0.666. The molecule has 0 saturated carbocycles. The zero-order valence-electron chi connectivity index (χ0n) is 7.23. The molecular weight excluding hydrogens is 235 g/mol. The van der Waals surface area contributed by atoms with Crippen LogP contribution in [0.4, 0.5) is 12.7 Å². The molecule has 1 heterocycles. The average molecular weight is 241 g/mol. The van der Waals surface area contributed by atoms with Gasteiger partial charge in [-0.1, -0.05) is 0 Å². The fourth-order valence-electron chi connectivity index (χ4n) is 0.812. The van der Waals surface area contributed by atoms with Crippen LogP contribution in [-0.4, -0.2) is 26.4 Å². The smallest absolute Gasteiger partial charge is 0.337 e. The fraction of sp³-hybridized carbons (Fsp3) is 0.286. The van der Waals surface area contributed by atoms with Gasteiger partial charge in [0.1, 0.15) is 0 Å². The van der Waals surface area contributed by atoms with Crippen molar-refractivity contribution in [1.82, 2.24) is 4.98 Å². The highest BCUT2D eigenvalue weighted by molar-refractivity contribution is 7.86. The average Bonchev–Trinajstić information content (AvgIpc) is 2.13. The van der Waals surface area contributed by atoms with Gasteiger partial charge in [-0.2, -0.15) is 8.42 Å². The lowest BCUT2D eigenvalue weighted by atomic mass is 10.5. The zero-order chi connectivity index (χ0) is 11.5. The molecule has 15 heavy (non-hydrogen) atoms. The number of aromatic nitrogens is 1. The van der Waals surface area contributed by atoms with Crippen LogP contribution in [0.2, 0.25) is 0 Å². The van der Waals surface area contributed by atoms with Crippen LogP contribution in [0.15, 0.2) is 23.2 Å². The Balaban J connectivity index is 2.98. The molecule has 0 atom stereocenters. The molecule has 0 bridgehead atoms. The summed E-state index contributed by atoms with van der Waals surface area (Å²) < 4.78 is 61.5. The second-order valence-corrected chi connectivity index (χ2v) is 3.76. The van der Waals surface area contributed by atoms with Gasteiger partial charge in [-0.05, 0) is 12.1 Å². The van der Waals surface area contributed by atoms with Crippen LogP contribution in [0.5, 0.6) is 5.88 Å². The van der Waals surface area contributed by atoms with Gasteiger partial charge in [0.05, 0.1) is 0 Å². The lowest BCUT2D eigenvalue weighted by molar-refractivity contribution is 0.0778. The highest BCUT2D eigenvalue weighted by Gasteiger charge is 2.20. The van der Waals surface area contributed by atoms with Crippen molar-refractivity contribution in [1.29, 1.82) is 0 Å². The summed E-state index contributed by atoms with van der Waals surface area (Å²) in [6.45, 7) is -1.04. The molecule has 0 spiro atoms. The third-order valence-corrected chi connectivity index (χ3v) is 2.18. The molecule has 0 aromatic carbocycles. The Kier molecular flexibility index (Phi) is 3.51. The van der Waals surface area contributed by atoms with E-state index in [4.69, 9.17) is 0 Å². The van der Waals surface area contributed by atoms with Gasteiger partial charge in [0.25, 0.3) is 6.43 Å². The molecule has 1 rings (SSSR count). The van der Waals surface area contributed by atoms with Crippen molar-refractivity contribution < 1.29 is 25.8 Å². The summed E-state index contributed by atoms with van der Waals surface area (Å²) >= 11 is 0. The largest absolute Gasteiger partial charge is 0.471 e. The Bertz CT molecular complexity index is 435. The van der Waals surface area contributed by atoms with Crippen LogP contribution in [0.3, 0.4) is 0 Å². The lowest BCUT2D eigenvalue weighted by Crippen LogP contribution is -2.10. The second-order valence-electron chi connectivity index (χ2n) is 2.45. The standard InChI is InChI=1S/C7H6F3NO3S/c8-6(9)4-14-7-5(15(10,12)13)2-1-3-11-7/h1-3,6H,4H2. The van der Waals surface area contributed by atoms with Crippen LogP contribution in [-0.2, 0) is 10.2 Å². The molecule has 0 unspecified atom stereocenters. The van der Waals surface area contributed by atoms with Gasteiger partial charge in [0.15, 0.2) is 11.5 Å². The maximum Gasteiger partial charge on any atom is 0.337 e. The Morgan fingerprint density at radius 1 is 1.47 bits per heavy atom. The maximum absolute atomic E-state index is 12.6. The number of ether oxygens (including phenoxy) is 1.